The van der Waals surface area contributed by atoms with Crippen LogP contribution in [0, 0.1) is 0 Å². The Morgan fingerprint density at radius 1 is 1.55 bits per heavy atom. The Morgan fingerprint density at radius 3 is 2.55 bits per heavy atom. The molecule has 2 heteroatoms. The van der Waals surface area contributed by atoms with Gasteiger partial charge in [0.15, 0.2) is 0 Å². The molecule has 0 saturated heterocycles. The summed E-state index contributed by atoms with van der Waals surface area (Å²) in [6.45, 7) is 5.30. The molecule has 0 aliphatic heterocycles. The second-order valence-electron chi connectivity index (χ2n) is 3.48. The molecular weight excluding hydrogens is 141 g/mol. The molecule has 2 N–H and O–H groups in total. The van der Waals surface area contributed by atoms with Crippen LogP contribution in [0.5, 0.6) is 0 Å². The molecule has 1 unspecified atom stereocenters. The maximum absolute atomic E-state index is 13.4. The van der Waals surface area contributed by atoms with E-state index in [9.17, 15) is 4.39 Å². The van der Waals surface area contributed by atoms with Crippen LogP contribution >= 0.6 is 0 Å². The molecule has 0 aromatic carbocycles. The fourth-order valence-corrected chi connectivity index (χ4v) is 1.53. The van der Waals surface area contributed by atoms with Crippen LogP contribution in [-0.2, 0) is 0 Å². The minimum atomic E-state index is -1.20. The number of allylic oxidation sites excluding steroid dienone is 3. The van der Waals surface area contributed by atoms with Gasteiger partial charge in [-0.05, 0) is 38.0 Å². The van der Waals surface area contributed by atoms with E-state index < -0.39 is 5.67 Å². The van der Waals surface area contributed by atoms with E-state index in [0.717, 1.165) is 16.8 Å². The molecule has 0 bridgehead atoms. The van der Waals surface area contributed by atoms with Gasteiger partial charge >= 0.3 is 0 Å². The van der Waals surface area contributed by atoms with E-state index in [0.29, 0.717) is 6.42 Å². The fourth-order valence-electron chi connectivity index (χ4n) is 1.53. The van der Waals surface area contributed by atoms with Crippen molar-refractivity contribution < 1.29 is 4.39 Å². The van der Waals surface area contributed by atoms with E-state index in [4.69, 9.17) is 5.73 Å². The zero-order valence-corrected chi connectivity index (χ0v) is 7.24. The molecule has 0 spiro atoms. The smallest absolute Gasteiger partial charge is 0.130 e. The van der Waals surface area contributed by atoms with Crippen LogP contribution in [0.4, 0.5) is 4.39 Å². The summed E-state index contributed by atoms with van der Waals surface area (Å²) in [6.07, 6.45) is 2.02. The van der Waals surface area contributed by atoms with E-state index in [1.165, 1.54) is 0 Å². The van der Waals surface area contributed by atoms with Crippen LogP contribution in [0.1, 0.15) is 27.2 Å². The van der Waals surface area contributed by atoms with Crippen LogP contribution < -0.4 is 5.73 Å². The minimum absolute atomic E-state index is 0.427. The zero-order chi connectivity index (χ0) is 8.65. The highest BCUT2D eigenvalue weighted by Crippen LogP contribution is 2.31. The number of hydrogen-bond acceptors (Lipinski definition) is 1. The van der Waals surface area contributed by atoms with Gasteiger partial charge < -0.3 is 5.73 Å². The van der Waals surface area contributed by atoms with Crippen molar-refractivity contribution in [3.05, 3.63) is 22.9 Å². The Hall–Kier alpha value is -0.790. The zero-order valence-electron chi connectivity index (χ0n) is 7.24. The van der Waals surface area contributed by atoms with Crippen molar-refractivity contribution >= 4 is 0 Å². The molecule has 11 heavy (non-hydrogen) atoms. The lowest BCUT2D eigenvalue weighted by molar-refractivity contribution is 0.251. The molecule has 1 atom stereocenters. The third-order valence-electron chi connectivity index (χ3n) is 2.01. The first kappa shape index (κ1) is 8.31. The summed E-state index contributed by atoms with van der Waals surface area (Å²) in [5, 5.41) is 0. The number of hydrogen-bond donors (Lipinski definition) is 1. The Labute approximate surface area is 66.8 Å². The van der Waals surface area contributed by atoms with E-state index >= 15 is 0 Å². The van der Waals surface area contributed by atoms with Gasteiger partial charge in [0.2, 0.25) is 0 Å². The van der Waals surface area contributed by atoms with Gasteiger partial charge in [-0.25, -0.2) is 4.39 Å². The van der Waals surface area contributed by atoms with Gasteiger partial charge in [0.25, 0.3) is 0 Å². The van der Waals surface area contributed by atoms with E-state index in [1.807, 2.05) is 13.8 Å². The topological polar surface area (TPSA) is 26.0 Å². The van der Waals surface area contributed by atoms with Crippen LogP contribution in [0.25, 0.3) is 0 Å². The van der Waals surface area contributed by atoms with Crippen molar-refractivity contribution in [2.75, 3.05) is 0 Å². The SMILES string of the molecule is CC1=CC(C)(F)CC(C)=C1N. The molecule has 1 rings (SSSR count). The van der Waals surface area contributed by atoms with Crippen molar-refractivity contribution in [2.45, 2.75) is 32.9 Å². The van der Waals surface area contributed by atoms with Crippen molar-refractivity contribution in [1.29, 1.82) is 0 Å². The van der Waals surface area contributed by atoms with E-state index in [2.05, 4.69) is 0 Å². The molecule has 0 radical (unpaired) electrons. The summed E-state index contributed by atoms with van der Waals surface area (Å²) in [4.78, 5) is 0. The van der Waals surface area contributed by atoms with Gasteiger partial charge in [-0.1, -0.05) is 0 Å². The lowest BCUT2D eigenvalue weighted by atomic mass is 9.88. The molecule has 0 heterocycles. The second kappa shape index (κ2) is 2.36. The first-order valence-corrected chi connectivity index (χ1v) is 3.76. The van der Waals surface area contributed by atoms with Gasteiger partial charge in [-0.2, -0.15) is 0 Å². The number of alkyl halides is 1. The summed E-state index contributed by atoms with van der Waals surface area (Å²) in [5.41, 5.74) is 7.05. The summed E-state index contributed by atoms with van der Waals surface area (Å²) in [5.74, 6) is 0. The normalized spacial score (nSPS) is 32.2. The molecule has 1 aliphatic rings. The number of rotatable bonds is 0. The predicted molar refractivity (Wildman–Crippen MR) is 44.8 cm³/mol. The van der Waals surface area contributed by atoms with Crippen molar-refractivity contribution in [3.63, 3.8) is 0 Å². The highest BCUT2D eigenvalue weighted by Gasteiger charge is 2.26. The summed E-state index contributed by atoms with van der Waals surface area (Å²) in [7, 11) is 0. The summed E-state index contributed by atoms with van der Waals surface area (Å²) in [6, 6.07) is 0. The average molecular weight is 155 g/mol. The summed E-state index contributed by atoms with van der Waals surface area (Å²) >= 11 is 0. The molecule has 0 saturated carbocycles. The molecule has 0 aromatic rings. The van der Waals surface area contributed by atoms with Gasteiger partial charge in [0.1, 0.15) is 5.67 Å². The monoisotopic (exact) mass is 155 g/mol. The van der Waals surface area contributed by atoms with Crippen LogP contribution in [-0.4, -0.2) is 5.67 Å². The third-order valence-corrected chi connectivity index (χ3v) is 2.01. The van der Waals surface area contributed by atoms with Crippen molar-refractivity contribution in [1.82, 2.24) is 0 Å². The Balaban J connectivity index is 3.01. The molecule has 1 nitrogen and oxygen atoms in total. The quantitative estimate of drug-likeness (QED) is 0.570. The number of halogens is 1. The predicted octanol–water partition coefficient (Wildman–Crippen LogP) is 2.30. The highest BCUT2D eigenvalue weighted by atomic mass is 19.1. The van der Waals surface area contributed by atoms with Crippen molar-refractivity contribution in [2.24, 2.45) is 5.73 Å². The Morgan fingerprint density at radius 2 is 2.09 bits per heavy atom. The molecular formula is C9H14FN. The molecule has 0 aromatic heterocycles. The summed E-state index contributed by atoms with van der Waals surface area (Å²) < 4.78 is 13.4. The average Bonchev–Trinajstić information content (AvgIpc) is 1.81. The molecule has 1 aliphatic carbocycles. The van der Waals surface area contributed by atoms with E-state index in [-0.39, 0.29) is 0 Å². The lowest BCUT2D eigenvalue weighted by Crippen LogP contribution is -2.22. The van der Waals surface area contributed by atoms with Gasteiger partial charge in [-0.3, -0.25) is 0 Å². The van der Waals surface area contributed by atoms with Crippen LogP contribution in [0.3, 0.4) is 0 Å². The first-order chi connectivity index (χ1) is 4.92. The van der Waals surface area contributed by atoms with Gasteiger partial charge in [0.05, 0.1) is 0 Å². The van der Waals surface area contributed by atoms with Crippen LogP contribution in [0.15, 0.2) is 22.9 Å². The molecule has 0 amide bonds. The Bertz CT molecular complexity index is 236. The molecule has 0 fully saturated rings. The maximum Gasteiger partial charge on any atom is 0.130 e. The third kappa shape index (κ3) is 1.62. The number of nitrogens with two attached hydrogens (primary N) is 1. The van der Waals surface area contributed by atoms with Crippen molar-refractivity contribution in [3.8, 4) is 0 Å². The largest absolute Gasteiger partial charge is 0.399 e. The first-order valence-electron chi connectivity index (χ1n) is 3.76. The highest BCUT2D eigenvalue weighted by molar-refractivity contribution is 5.37. The fraction of sp³-hybridized carbons (Fsp3) is 0.556. The minimum Gasteiger partial charge on any atom is -0.399 e. The maximum atomic E-state index is 13.4. The Kier molecular flexibility index (Phi) is 1.78. The molecule has 62 valence electrons. The van der Waals surface area contributed by atoms with Gasteiger partial charge in [0, 0.05) is 12.1 Å². The van der Waals surface area contributed by atoms with Crippen LogP contribution in [0.2, 0.25) is 0 Å². The lowest BCUT2D eigenvalue weighted by Gasteiger charge is -2.24. The van der Waals surface area contributed by atoms with E-state index in [1.54, 1.807) is 13.0 Å². The van der Waals surface area contributed by atoms with Gasteiger partial charge in [-0.15, -0.1) is 0 Å². The second-order valence-corrected chi connectivity index (χ2v) is 3.48. The standard InChI is InChI=1S/C9H14FN/c1-6-4-9(3,10)5-7(2)8(6)11/h4H,5,11H2,1-3H3.